The van der Waals surface area contributed by atoms with E-state index in [9.17, 15) is 4.79 Å². The summed E-state index contributed by atoms with van der Waals surface area (Å²) in [7, 11) is 0. The van der Waals surface area contributed by atoms with Crippen LogP contribution >= 0.6 is 23.2 Å². The Morgan fingerprint density at radius 3 is 2.65 bits per heavy atom. The van der Waals surface area contributed by atoms with E-state index in [1.165, 1.54) is 0 Å². The van der Waals surface area contributed by atoms with E-state index in [1.807, 2.05) is 22.9 Å². The first kappa shape index (κ1) is 13.7. The molecule has 1 aromatic heterocycles. The number of carbonyl (C=O) groups excluding carboxylic acids is 1. The Morgan fingerprint density at radius 2 is 1.90 bits per heavy atom. The minimum atomic E-state index is -0.0226. The first-order valence-electron chi connectivity index (χ1n) is 6.56. The molecule has 0 bridgehead atoms. The lowest BCUT2D eigenvalue weighted by molar-refractivity contribution is 0.0911. The van der Waals surface area contributed by atoms with E-state index < -0.39 is 0 Å². The molecule has 0 saturated heterocycles. The summed E-state index contributed by atoms with van der Waals surface area (Å²) < 4.78 is 1.99. The molecule has 4 heteroatoms. The smallest absolute Gasteiger partial charge is 0.165 e. The average Bonchev–Trinajstić information content (AvgIpc) is 2.74. The number of Topliss-reactive ketones (excluding diaryl/α,β-unsaturated/α-hetero) is 1. The Bertz CT molecular complexity index is 700. The third kappa shape index (κ3) is 2.27. The third-order valence-electron chi connectivity index (χ3n) is 3.75. The number of rotatable bonds is 1. The zero-order chi connectivity index (χ0) is 14.5. The summed E-state index contributed by atoms with van der Waals surface area (Å²) in [6.45, 7) is 4.23. The number of nitrogens with zero attached hydrogens (tertiary/aromatic N) is 1. The van der Waals surface area contributed by atoms with E-state index >= 15 is 0 Å². The van der Waals surface area contributed by atoms with Crippen LogP contribution in [0, 0.1) is 5.41 Å². The molecule has 2 nitrogen and oxygen atoms in total. The number of carbonyl (C=O) groups is 1. The van der Waals surface area contributed by atoms with E-state index in [0.29, 0.717) is 16.5 Å². The molecule has 0 aliphatic heterocycles. The van der Waals surface area contributed by atoms with Gasteiger partial charge >= 0.3 is 0 Å². The maximum Gasteiger partial charge on any atom is 0.165 e. The Kier molecular flexibility index (Phi) is 3.19. The molecule has 0 atom stereocenters. The molecule has 1 aliphatic rings. The number of ketones is 1. The third-order valence-corrected chi connectivity index (χ3v) is 4.30. The van der Waals surface area contributed by atoms with Crippen molar-refractivity contribution in [3.05, 3.63) is 51.8 Å². The van der Waals surface area contributed by atoms with Crippen LogP contribution < -0.4 is 0 Å². The zero-order valence-electron chi connectivity index (χ0n) is 11.4. The van der Waals surface area contributed by atoms with Gasteiger partial charge in [0.25, 0.3) is 0 Å². The molecule has 0 saturated carbocycles. The molecular weight excluding hydrogens is 293 g/mol. The topological polar surface area (TPSA) is 22.0 Å². The summed E-state index contributed by atoms with van der Waals surface area (Å²) in [4.78, 5) is 12.2. The summed E-state index contributed by atoms with van der Waals surface area (Å²) >= 11 is 12.3. The number of aromatic nitrogens is 1. The van der Waals surface area contributed by atoms with Gasteiger partial charge in [-0.15, -0.1) is 0 Å². The highest BCUT2D eigenvalue weighted by Gasteiger charge is 2.33. The van der Waals surface area contributed by atoms with Crippen LogP contribution in [0.1, 0.15) is 36.3 Å². The van der Waals surface area contributed by atoms with Gasteiger partial charge in [-0.25, -0.2) is 0 Å². The molecule has 1 heterocycles. The normalized spacial score (nSPS) is 17.1. The largest absolute Gasteiger partial charge is 0.319 e. The Morgan fingerprint density at radius 1 is 1.15 bits per heavy atom. The molecule has 0 fully saturated rings. The van der Waals surface area contributed by atoms with E-state index in [0.717, 1.165) is 23.4 Å². The van der Waals surface area contributed by atoms with E-state index in [-0.39, 0.29) is 11.2 Å². The molecule has 2 aromatic rings. The number of benzene rings is 1. The van der Waals surface area contributed by atoms with E-state index in [2.05, 4.69) is 13.8 Å². The van der Waals surface area contributed by atoms with Gasteiger partial charge in [-0.3, -0.25) is 4.79 Å². The van der Waals surface area contributed by atoms with Crippen molar-refractivity contribution < 1.29 is 4.79 Å². The molecule has 0 unspecified atom stereocenters. The molecule has 0 N–H and O–H groups in total. The lowest BCUT2D eigenvalue weighted by Crippen LogP contribution is -2.27. The number of hydrogen-bond donors (Lipinski definition) is 0. The molecule has 20 heavy (non-hydrogen) atoms. The van der Waals surface area contributed by atoms with E-state index in [4.69, 9.17) is 23.2 Å². The van der Waals surface area contributed by atoms with Gasteiger partial charge in [0.05, 0.1) is 10.7 Å². The van der Waals surface area contributed by atoms with Gasteiger partial charge in [-0.05, 0) is 36.1 Å². The summed E-state index contributed by atoms with van der Waals surface area (Å²) in [5.74, 6) is 0.202. The van der Waals surface area contributed by atoms with Crippen molar-refractivity contribution in [3.63, 3.8) is 0 Å². The summed E-state index contributed by atoms with van der Waals surface area (Å²) in [6.07, 6.45) is 3.35. The van der Waals surface area contributed by atoms with Crippen molar-refractivity contribution in [3.8, 4) is 5.69 Å². The number of halogens is 2. The van der Waals surface area contributed by atoms with Crippen molar-refractivity contribution in [1.82, 2.24) is 4.57 Å². The molecule has 0 amide bonds. The maximum atomic E-state index is 12.2. The second kappa shape index (κ2) is 4.64. The van der Waals surface area contributed by atoms with Gasteiger partial charge in [-0.2, -0.15) is 0 Å². The van der Waals surface area contributed by atoms with Gasteiger partial charge in [0.1, 0.15) is 0 Å². The van der Waals surface area contributed by atoms with Crippen LogP contribution in [0.15, 0.2) is 30.5 Å². The molecule has 3 rings (SSSR count). The predicted molar refractivity (Wildman–Crippen MR) is 82.2 cm³/mol. The monoisotopic (exact) mass is 307 g/mol. The van der Waals surface area contributed by atoms with Gasteiger partial charge in [0.15, 0.2) is 5.78 Å². The fourth-order valence-electron chi connectivity index (χ4n) is 2.84. The fraction of sp³-hybridized carbons (Fsp3) is 0.312. The summed E-state index contributed by atoms with van der Waals surface area (Å²) in [6, 6.07) is 7.25. The van der Waals surface area contributed by atoms with Crippen LogP contribution in [0.3, 0.4) is 0 Å². The van der Waals surface area contributed by atoms with Crippen LogP contribution in [-0.2, 0) is 6.42 Å². The van der Waals surface area contributed by atoms with Crippen molar-refractivity contribution in [1.29, 1.82) is 0 Å². The van der Waals surface area contributed by atoms with Crippen molar-refractivity contribution in [2.75, 3.05) is 0 Å². The summed E-state index contributed by atoms with van der Waals surface area (Å²) in [5, 5.41) is 1.26. The highest BCUT2D eigenvalue weighted by molar-refractivity contribution is 6.34. The Balaban J connectivity index is 2.18. The molecule has 0 spiro atoms. The standard InChI is InChI=1S/C16H15Cl2NO/c1-16(2)8-14-11(15(20)9-16)5-6-19(14)13-7-10(17)3-4-12(13)18/h3-7H,8-9H2,1-2H3. The van der Waals surface area contributed by atoms with Gasteiger partial charge in [-0.1, -0.05) is 37.0 Å². The molecule has 1 aromatic carbocycles. The van der Waals surface area contributed by atoms with Crippen LogP contribution in [0.5, 0.6) is 0 Å². The SMILES string of the molecule is CC1(C)CC(=O)c2ccn(-c3cc(Cl)ccc3Cl)c2C1. The predicted octanol–water partition coefficient (Wildman–Crippen LogP) is 4.94. The van der Waals surface area contributed by atoms with Gasteiger partial charge in [0, 0.05) is 28.9 Å². The maximum absolute atomic E-state index is 12.2. The molecule has 0 radical (unpaired) electrons. The van der Waals surface area contributed by atoms with Crippen LogP contribution in [0.25, 0.3) is 5.69 Å². The van der Waals surface area contributed by atoms with Crippen molar-refractivity contribution in [2.45, 2.75) is 26.7 Å². The minimum absolute atomic E-state index is 0.0226. The van der Waals surface area contributed by atoms with Crippen LogP contribution in [0.4, 0.5) is 0 Å². The lowest BCUT2D eigenvalue weighted by Gasteiger charge is -2.29. The minimum Gasteiger partial charge on any atom is -0.319 e. The number of hydrogen-bond acceptors (Lipinski definition) is 1. The molecule has 104 valence electrons. The van der Waals surface area contributed by atoms with Crippen molar-refractivity contribution >= 4 is 29.0 Å². The van der Waals surface area contributed by atoms with Crippen LogP contribution in [-0.4, -0.2) is 10.4 Å². The van der Waals surface area contributed by atoms with Gasteiger partial charge in [0.2, 0.25) is 0 Å². The van der Waals surface area contributed by atoms with Gasteiger partial charge < -0.3 is 4.57 Å². The fourth-order valence-corrected chi connectivity index (χ4v) is 3.22. The highest BCUT2D eigenvalue weighted by atomic mass is 35.5. The quantitative estimate of drug-likeness (QED) is 0.731. The number of fused-ring (bicyclic) bond motifs is 1. The lowest BCUT2D eigenvalue weighted by atomic mass is 9.76. The average molecular weight is 308 g/mol. The van der Waals surface area contributed by atoms with Crippen molar-refractivity contribution in [2.24, 2.45) is 5.41 Å². The van der Waals surface area contributed by atoms with Crippen LogP contribution in [0.2, 0.25) is 10.0 Å². The molecule has 1 aliphatic carbocycles. The Hall–Kier alpha value is -1.25. The molecular formula is C16H15Cl2NO. The first-order valence-corrected chi connectivity index (χ1v) is 7.32. The second-order valence-corrected chi connectivity index (χ2v) is 6.93. The first-order chi connectivity index (χ1) is 9.37. The second-order valence-electron chi connectivity index (χ2n) is 6.08. The highest BCUT2D eigenvalue weighted by Crippen LogP contribution is 2.37. The zero-order valence-corrected chi connectivity index (χ0v) is 12.9. The summed E-state index contributed by atoms with van der Waals surface area (Å²) in [5.41, 5.74) is 2.63. The Labute approximate surface area is 128 Å². The van der Waals surface area contributed by atoms with E-state index in [1.54, 1.807) is 12.1 Å².